The maximum Gasteiger partial charge on any atom is 0.407 e. The maximum atomic E-state index is 12.2. The number of carbonyl (C=O) groups excluding carboxylic acids is 1. The number of carbonyl (C=O) groups is 2. The zero-order valence-electron chi connectivity index (χ0n) is 13.6. The highest BCUT2D eigenvalue weighted by molar-refractivity contribution is 5.78. The first-order valence-corrected chi connectivity index (χ1v) is 8.77. The lowest BCUT2D eigenvalue weighted by molar-refractivity contribution is -0.169. The molecule has 4 saturated carbocycles. The van der Waals surface area contributed by atoms with Crippen molar-refractivity contribution in [3.8, 4) is 0 Å². The lowest BCUT2D eigenvalue weighted by atomic mass is 9.47. The number of ether oxygens (including phenoxy) is 1. The van der Waals surface area contributed by atoms with Crippen LogP contribution in [-0.4, -0.2) is 23.2 Å². The molecule has 3 unspecified atom stereocenters. The summed E-state index contributed by atoms with van der Waals surface area (Å²) in [5.41, 5.74) is 0.131. The summed E-state index contributed by atoms with van der Waals surface area (Å²) in [6.07, 6.45) is 4.12. The number of rotatable bonds is 4. The van der Waals surface area contributed by atoms with Crippen molar-refractivity contribution in [1.29, 1.82) is 0 Å². The third kappa shape index (κ3) is 2.56. The largest absolute Gasteiger partial charge is 0.481 e. The first-order valence-electron chi connectivity index (χ1n) is 8.77. The van der Waals surface area contributed by atoms with Crippen LogP contribution in [0.3, 0.4) is 0 Å². The quantitative estimate of drug-likeness (QED) is 0.889. The van der Waals surface area contributed by atoms with Gasteiger partial charge >= 0.3 is 12.1 Å². The summed E-state index contributed by atoms with van der Waals surface area (Å²) in [6.45, 7) is 0.204. The molecule has 4 fully saturated rings. The lowest BCUT2D eigenvalue weighted by Crippen LogP contribution is -2.65. The van der Waals surface area contributed by atoms with Crippen molar-refractivity contribution in [3.63, 3.8) is 0 Å². The molecule has 0 spiro atoms. The van der Waals surface area contributed by atoms with Crippen LogP contribution >= 0.6 is 0 Å². The Bertz CT molecular complexity index is 630. The summed E-state index contributed by atoms with van der Waals surface area (Å²) in [7, 11) is 0. The van der Waals surface area contributed by atoms with Crippen molar-refractivity contribution in [2.24, 2.45) is 23.2 Å². The Morgan fingerprint density at radius 1 is 1.12 bits per heavy atom. The molecule has 0 aliphatic heterocycles. The number of carboxylic acid groups (broad SMARTS) is 1. The highest BCUT2D eigenvalue weighted by atomic mass is 16.5. The van der Waals surface area contributed by atoms with Gasteiger partial charge in [-0.1, -0.05) is 30.3 Å². The summed E-state index contributed by atoms with van der Waals surface area (Å²) in [5, 5.41) is 12.8. The summed E-state index contributed by atoms with van der Waals surface area (Å²) >= 11 is 0. The molecule has 0 radical (unpaired) electrons. The molecular weight excluding hydrogens is 306 g/mol. The van der Waals surface area contributed by atoms with Crippen molar-refractivity contribution in [3.05, 3.63) is 35.9 Å². The van der Waals surface area contributed by atoms with Crippen LogP contribution in [0.1, 0.15) is 37.7 Å². The van der Waals surface area contributed by atoms with Crippen LogP contribution in [-0.2, 0) is 16.1 Å². The zero-order chi connectivity index (χ0) is 16.7. The molecule has 1 aromatic carbocycles. The Morgan fingerprint density at radius 2 is 1.79 bits per heavy atom. The molecule has 24 heavy (non-hydrogen) atoms. The second kappa shape index (κ2) is 5.80. The van der Waals surface area contributed by atoms with Crippen LogP contribution in [0, 0.1) is 23.2 Å². The molecule has 4 aliphatic carbocycles. The van der Waals surface area contributed by atoms with Crippen LogP contribution in [0.5, 0.6) is 0 Å². The second-order valence-corrected chi connectivity index (χ2v) is 7.75. The third-order valence-corrected chi connectivity index (χ3v) is 6.22. The highest BCUT2D eigenvalue weighted by Gasteiger charge is 2.61. The number of carboxylic acids is 1. The van der Waals surface area contributed by atoms with E-state index >= 15 is 0 Å². The van der Waals surface area contributed by atoms with E-state index in [4.69, 9.17) is 4.74 Å². The normalized spacial score (nSPS) is 36.3. The van der Waals surface area contributed by atoms with Gasteiger partial charge in [-0.15, -0.1) is 0 Å². The van der Waals surface area contributed by atoms with E-state index in [0.717, 1.165) is 24.8 Å². The predicted molar refractivity (Wildman–Crippen MR) is 87.2 cm³/mol. The van der Waals surface area contributed by atoms with Crippen molar-refractivity contribution < 1.29 is 19.4 Å². The number of hydrogen-bond acceptors (Lipinski definition) is 3. The van der Waals surface area contributed by atoms with E-state index in [2.05, 4.69) is 5.32 Å². The first-order chi connectivity index (χ1) is 11.6. The van der Waals surface area contributed by atoms with Gasteiger partial charge in [0, 0.05) is 0 Å². The summed E-state index contributed by atoms with van der Waals surface area (Å²) in [5.74, 6) is 0.542. The Kier molecular flexibility index (Phi) is 3.74. The van der Waals surface area contributed by atoms with Gasteiger partial charge in [0.2, 0.25) is 0 Å². The lowest BCUT2D eigenvalue weighted by Gasteiger charge is -2.58. The summed E-state index contributed by atoms with van der Waals surface area (Å²) in [6, 6.07) is 9.20. The van der Waals surface area contributed by atoms with Gasteiger partial charge in [0.15, 0.2) is 0 Å². The fraction of sp³-hybridized carbons (Fsp3) is 0.579. The van der Waals surface area contributed by atoms with E-state index in [0.29, 0.717) is 24.7 Å². The van der Waals surface area contributed by atoms with Crippen molar-refractivity contribution in [2.75, 3.05) is 0 Å². The number of nitrogens with one attached hydrogen (secondary N) is 1. The van der Waals surface area contributed by atoms with Gasteiger partial charge in [-0.3, -0.25) is 4.79 Å². The molecule has 0 saturated heterocycles. The Hall–Kier alpha value is -2.04. The standard InChI is InChI=1S/C19H23NO4/c21-17(22)19-9-13-6-14(10-19)8-15(7-13)16(19)20-18(23)24-11-12-4-2-1-3-5-12/h1-5,13-16H,6-11H2,(H,20,23)(H,21,22). The fourth-order valence-corrected chi connectivity index (χ4v) is 5.50. The Balaban J connectivity index is 1.45. The molecule has 5 nitrogen and oxygen atoms in total. The molecule has 5 rings (SSSR count). The molecule has 1 amide bonds. The van der Waals surface area contributed by atoms with Gasteiger partial charge in [-0.25, -0.2) is 4.79 Å². The average Bonchev–Trinajstić information content (AvgIpc) is 2.56. The topological polar surface area (TPSA) is 75.6 Å². The molecule has 0 aromatic heterocycles. The Labute approximate surface area is 141 Å². The van der Waals surface area contributed by atoms with Crippen LogP contribution < -0.4 is 5.32 Å². The van der Waals surface area contributed by atoms with Crippen LogP contribution in [0.2, 0.25) is 0 Å². The van der Waals surface area contributed by atoms with E-state index in [1.54, 1.807) is 0 Å². The van der Waals surface area contributed by atoms with Crippen LogP contribution in [0.15, 0.2) is 30.3 Å². The molecule has 5 heteroatoms. The summed E-state index contributed by atoms with van der Waals surface area (Å²) < 4.78 is 5.32. The fourth-order valence-electron chi connectivity index (χ4n) is 5.50. The molecule has 3 atom stereocenters. The monoisotopic (exact) mass is 329 g/mol. The number of alkyl carbamates (subject to hydrolysis) is 1. The molecule has 0 heterocycles. The van der Waals surface area contributed by atoms with Crippen molar-refractivity contribution >= 4 is 12.1 Å². The van der Waals surface area contributed by atoms with E-state index in [1.165, 1.54) is 0 Å². The highest BCUT2D eigenvalue weighted by Crippen LogP contribution is 2.60. The molecule has 2 N–H and O–H groups in total. The number of hydrogen-bond donors (Lipinski definition) is 2. The number of benzene rings is 1. The van der Waals surface area contributed by atoms with Gasteiger partial charge < -0.3 is 15.2 Å². The zero-order valence-corrected chi connectivity index (χ0v) is 13.6. The predicted octanol–water partition coefficient (Wildman–Crippen LogP) is 3.19. The van der Waals surface area contributed by atoms with Gasteiger partial charge in [-0.2, -0.15) is 0 Å². The van der Waals surface area contributed by atoms with E-state index in [-0.39, 0.29) is 18.6 Å². The van der Waals surface area contributed by atoms with Crippen molar-refractivity contribution in [2.45, 2.75) is 44.8 Å². The molecule has 1 aromatic rings. The molecule has 128 valence electrons. The minimum Gasteiger partial charge on any atom is -0.481 e. The smallest absolute Gasteiger partial charge is 0.407 e. The average molecular weight is 329 g/mol. The van der Waals surface area contributed by atoms with Gasteiger partial charge in [-0.05, 0) is 55.4 Å². The van der Waals surface area contributed by atoms with Crippen LogP contribution in [0.25, 0.3) is 0 Å². The van der Waals surface area contributed by atoms with Crippen LogP contribution in [0.4, 0.5) is 4.79 Å². The number of amides is 1. The van der Waals surface area contributed by atoms with Gasteiger partial charge in [0.25, 0.3) is 0 Å². The minimum atomic E-state index is -0.791. The van der Waals surface area contributed by atoms with Gasteiger partial charge in [0.1, 0.15) is 6.61 Å². The van der Waals surface area contributed by atoms with Gasteiger partial charge in [0.05, 0.1) is 11.5 Å². The van der Waals surface area contributed by atoms with E-state index in [9.17, 15) is 14.7 Å². The summed E-state index contributed by atoms with van der Waals surface area (Å²) in [4.78, 5) is 24.3. The maximum absolute atomic E-state index is 12.2. The third-order valence-electron chi connectivity index (χ3n) is 6.22. The van der Waals surface area contributed by atoms with E-state index < -0.39 is 17.5 Å². The first kappa shape index (κ1) is 15.5. The molecule has 4 aliphatic rings. The minimum absolute atomic E-state index is 0.204. The SMILES string of the molecule is O=C(NC1C2CC3CC(C2)CC1(C(=O)O)C3)OCc1ccccc1. The Morgan fingerprint density at radius 3 is 2.42 bits per heavy atom. The van der Waals surface area contributed by atoms with E-state index in [1.807, 2.05) is 30.3 Å². The molecular formula is C19H23NO4. The molecule has 4 bridgehead atoms. The second-order valence-electron chi connectivity index (χ2n) is 7.75. The number of aliphatic carboxylic acids is 1. The van der Waals surface area contributed by atoms with Crippen molar-refractivity contribution in [1.82, 2.24) is 5.32 Å².